The molecular formula is C16H14O3. The number of rotatable bonds is 3. The number of ether oxygens (including phenoxy) is 1. The summed E-state index contributed by atoms with van der Waals surface area (Å²) in [6, 6.07) is 14.6. The summed E-state index contributed by atoms with van der Waals surface area (Å²) in [5.74, 6) is 0.212. The van der Waals surface area contributed by atoms with E-state index in [2.05, 4.69) is 0 Å². The highest BCUT2D eigenvalue weighted by molar-refractivity contribution is 5.95. The third kappa shape index (κ3) is 3.28. The summed E-state index contributed by atoms with van der Waals surface area (Å²) in [5.41, 5.74) is 2.61. The van der Waals surface area contributed by atoms with Gasteiger partial charge < -0.3 is 4.74 Å². The van der Waals surface area contributed by atoms with E-state index < -0.39 is 0 Å². The second kappa shape index (κ2) is 5.48. The number of Topliss-reactive ketones (excluding diaryl/α,β-unsaturated/α-hetero) is 1. The third-order valence-electron chi connectivity index (χ3n) is 2.72. The van der Waals surface area contributed by atoms with Gasteiger partial charge in [0.2, 0.25) is 0 Å². The van der Waals surface area contributed by atoms with Gasteiger partial charge in [-0.25, -0.2) is 0 Å². The highest BCUT2D eigenvalue weighted by Crippen LogP contribution is 2.23. The van der Waals surface area contributed by atoms with Gasteiger partial charge in [-0.3, -0.25) is 9.59 Å². The van der Waals surface area contributed by atoms with Crippen LogP contribution in [0.15, 0.2) is 48.5 Å². The van der Waals surface area contributed by atoms with Gasteiger partial charge in [0, 0.05) is 12.5 Å². The van der Waals surface area contributed by atoms with Crippen molar-refractivity contribution in [2.24, 2.45) is 0 Å². The molecule has 0 spiro atoms. The van der Waals surface area contributed by atoms with Crippen LogP contribution in [0.4, 0.5) is 0 Å². The minimum absolute atomic E-state index is 0.0402. The third-order valence-corrected chi connectivity index (χ3v) is 2.72. The van der Waals surface area contributed by atoms with Crippen molar-refractivity contribution in [2.45, 2.75) is 13.8 Å². The molecule has 0 heterocycles. The van der Waals surface area contributed by atoms with Crippen molar-refractivity contribution < 1.29 is 14.3 Å². The van der Waals surface area contributed by atoms with Gasteiger partial charge in [0.05, 0.1) is 0 Å². The van der Waals surface area contributed by atoms with Crippen molar-refractivity contribution in [2.75, 3.05) is 0 Å². The molecule has 3 nitrogen and oxygen atoms in total. The number of benzene rings is 2. The molecule has 2 aromatic rings. The van der Waals surface area contributed by atoms with Crippen LogP contribution < -0.4 is 4.74 Å². The van der Waals surface area contributed by atoms with Gasteiger partial charge in [0.15, 0.2) is 5.78 Å². The van der Waals surface area contributed by atoms with Gasteiger partial charge >= 0.3 is 5.97 Å². The smallest absolute Gasteiger partial charge is 0.308 e. The highest BCUT2D eigenvalue weighted by atomic mass is 16.5. The fourth-order valence-corrected chi connectivity index (χ4v) is 1.80. The van der Waals surface area contributed by atoms with Crippen LogP contribution in [-0.2, 0) is 4.79 Å². The van der Waals surface area contributed by atoms with Crippen molar-refractivity contribution in [3.63, 3.8) is 0 Å². The minimum atomic E-state index is -0.341. The first-order valence-electron chi connectivity index (χ1n) is 5.96. The zero-order valence-electron chi connectivity index (χ0n) is 10.8. The SMILES string of the molecule is CC(=O)Oc1ccc(-c2cccc(C(C)=O)c2)cc1. The molecule has 19 heavy (non-hydrogen) atoms. The van der Waals surface area contributed by atoms with Crippen LogP contribution in [0.2, 0.25) is 0 Å². The molecule has 0 amide bonds. The maximum absolute atomic E-state index is 11.3. The van der Waals surface area contributed by atoms with E-state index >= 15 is 0 Å². The summed E-state index contributed by atoms with van der Waals surface area (Å²) in [4.78, 5) is 22.2. The number of hydrogen-bond donors (Lipinski definition) is 0. The van der Waals surface area contributed by atoms with Crippen molar-refractivity contribution in [1.29, 1.82) is 0 Å². The molecule has 0 fully saturated rings. The second-order valence-corrected chi connectivity index (χ2v) is 4.26. The molecular weight excluding hydrogens is 240 g/mol. The predicted molar refractivity (Wildman–Crippen MR) is 73.2 cm³/mol. The van der Waals surface area contributed by atoms with Crippen LogP contribution in [0.5, 0.6) is 5.75 Å². The fourth-order valence-electron chi connectivity index (χ4n) is 1.80. The van der Waals surface area contributed by atoms with Gasteiger partial charge in [-0.1, -0.05) is 30.3 Å². The molecule has 0 bridgehead atoms. The fraction of sp³-hybridized carbons (Fsp3) is 0.125. The lowest BCUT2D eigenvalue weighted by atomic mass is 10.0. The monoisotopic (exact) mass is 254 g/mol. The summed E-state index contributed by atoms with van der Waals surface area (Å²) in [6.45, 7) is 2.91. The van der Waals surface area contributed by atoms with E-state index in [1.807, 2.05) is 30.3 Å². The first kappa shape index (κ1) is 13.0. The van der Waals surface area contributed by atoms with Crippen LogP contribution in [0.1, 0.15) is 24.2 Å². The summed E-state index contributed by atoms with van der Waals surface area (Å²) >= 11 is 0. The molecule has 0 aliphatic carbocycles. The van der Waals surface area contributed by atoms with E-state index in [9.17, 15) is 9.59 Å². The van der Waals surface area contributed by atoms with Crippen LogP contribution in [0.3, 0.4) is 0 Å². The average Bonchev–Trinajstić information content (AvgIpc) is 2.39. The Labute approximate surface area is 111 Å². The largest absolute Gasteiger partial charge is 0.427 e. The van der Waals surface area contributed by atoms with Crippen LogP contribution in [0.25, 0.3) is 11.1 Å². The van der Waals surface area contributed by atoms with Gasteiger partial charge in [0.1, 0.15) is 5.75 Å². The molecule has 0 radical (unpaired) electrons. The van der Waals surface area contributed by atoms with Crippen molar-refractivity contribution >= 4 is 11.8 Å². The van der Waals surface area contributed by atoms with E-state index in [-0.39, 0.29) is 11.8 Å². The van der Waals surface area contributed by atoms with Gasteiger partial charge in [-0.15, -0.1) is 0 Å². The van der Waals surface area contributed by atoms with E-state index in [4.69, 9.17) is 4.74 Å². The summed E-state index contributed by atoms with van der Waals surface area (Å²) < 4.78 is 4.97. The lowest BCUT2D eigenvalue weighted by Crippen LogP contribution is -2.00. The summed E-state index contributed by atoms with van der Waals surface area (Å²) in [5, 5.41) is 0. The Bertz CT molecular complexity index is 612. The molecule has 2 aromatic carbocycles. The molecule has 2 rings (SSSR count). The van der Waals surface area contributed by atoms with E-state index in [0.717, 1.165) is 11.1 Å². The molecule has 0 atom stereocenters. The van der Waals surface area contributed by atoms with Crippen LogP contribution in [0, 0.1) is 0 Å². The number of carbonyl (C=O) groups excluding carboxylic acids is 2. The first-order chi connectivity index (χ1) is 9.06. The quantitative estimate of drug-likeness (QED) is 0.478. The van der Waals surface area contributed by atoms with Gasteiger partial charge in [-0.05, 0) is 36.2 Å². The maximum atomic E-state index is 11.3. The zero-order valence-corrected chi connectivity index (χ0v) is 10.8. The van der Waals surface area contributed by atoms with Crippen molar-refractivity contribution in [1.82, 2.24) is 0 Å². The zero-order chi connectivity index (χ0) is 13.8. The summed E-state index contributed by atoms with van der Waals surface area (Å²) in [6.07, 6.45) is 0. The Kier molecular flexibility index (Phi) is 3.76. The molecule has 96 valence electrons. The minimum Gasteiger partial charge on any atom is -0.427 e. The number of hydrogen-bond acceptors (Lipinski definition) is 3. The topological polar surface area (TPSA) is 43.4 Å². The number of carbonyl (C=O) groups is 2. The van der Waals surface area contributed by atoms with E-state index in [0.29, 0.717) is 11.3 Å². The normalized spacial score (nSPS) is 10.0. The molecule has 0 saturated carbocycles. The van der Waals surface area contributed by atoms with E-state index in [1.165, 1.54) is 6.92 Å². The Balaban J connectivity index is 2.29. The molecule has 3 heteroatoms. The molecule has 0 saturated heterocycles. The molecule has 0 aliphatic heterocycles. The van der Waals surface area contributed by atoms with Crippen molar-refractivity contribution in [3.8, 4) is 16.9 Å². The number of esters is 1. The summed E-state index contributed by atoms with van der Waals surface area (Å²) in [7, 11) is 0. The molecule has 0 unspecified atom stereocenters. The lowest BCUT2D eigenvalue weighted by molar-refractivity contribution is -0.131. The van der Waals surface area contributed by atoms with Gasteiger partial charge in [0.25, 0.3) is 0 Å². The second-order valence-electron chi connectivity index (χ2n) is 4.26. The Morgan fingerprint density at radius 2 is 1.58 bits per heavy atom. The van der Waals surface area contributed by atoms with E-state index in [1.54, 1.807) is 25.1 Å². The Morgan fingerprint density at radius 3 is 2.16 bits per heavy atom. The van der Waals surface area contributed by atoms with Gasteiger partial charge in [-0.2, -0.15) is 0 Å². The van der Waals surface area contributed by atoms with Crippen LogP contribution in [-0.4, -0.2) is 11.8 Å². The lowest BCUT2D eigenvalue weighted by Gasteiger charge is -2.05. The average molecular weight is 254 g/mol. The van der Waals surface area contributed by atoms with Crippen molar-refractivity contribution in [3.05, 3.63) is 54.1 Å². The standard InChI is InChI=1S/C16H14O3/c1-11(17)14-4-3-5-15(10-14)13-6-8-16(9-7-13)19-12(2)18/h3-10H,1-2H3. The Morgan fingerprint density at radius 1 is 0.895 bits per heavy atom. The molecule has 0 N–H and O–H groups in total. The first-order valence-corrected chi connectivity index (χ1v) is 5.96. The predicted octanol–water partition coefficient (Wildman–Crippen LogP) is 3.48. The molecule has 0 aromatic heterocycles. The highest BCUT2D eigenvalue weighted by Gasteiger charge is 2.03. The Hall–Kier alpha value is -2.42. The number of ketones is 1. The molecule has 0 aliphatic rings. The van der Waals surface area contributed by atoms with Crippen LogP contribution >= 0.6 is 0 Å². The maximum Gasteiger partial charge on any atom is 0.308 e.